The summed E-state index contributed by atoms with van der Waals surface area (Å²) in [6, 6.07) is 1.67. The van der Waals surface area contributed by atoms with E-state index in [1.165, 1.54) is 0 Å². The second-order valence-corrected chi connectivity index (χ2v) is 6.02. The van der Waals surface area contributed by atoms with E-state index in [1.54, 1.807) is 0 Å². The maximum atomic E-state index is 13.4. The lowest BCUT2D eigenvalue weighted by molar-refractivity contribution is -0.140. The number of sulfonamides is 1. The molecule has 0 aromatic heterocycles. The van der Waals surface area contributed by atoms with Crippen LogP contribution in [0.25, 0.3) is 0 Å². The quantitative estimate of drug-likeness (QED) is 0.885. The Labute approximate surface area is 109 Å². The first-order valence-corrected chi connectivity index (χ1v) is 6.89. The largest absolute Gasteiger partial charge is 0.480 e. The van der Waals surface area contributed by atoms with Crippen molar-refractivity contribution in [3.05, 3.63) is 35.4 Å². The molecule has 0 spiro atoms. The normalized spacial score (nSPS) is 13.5. The molecule has 0 aliphatic rings. The summed E-state index contributed by atoms with van der Waals surface area (Å²) in [6.07, 6.45) is 0. The van der Waals surface area contributed by atoms with Gasteiger partial charge in [0.25, 0.3) is 0 Å². The van der Waals surface area contributed by atoms with Crippen LogP contribution in [0.4, 0.5) is 8.78 Å². The third-order valence-electron chi connectivity index (χ3n) is 2.73. The molecule has 1 atom stereocenters. The van der Waals surface area contributed by atoms with Crippen LogP contribution in [0.5, 0.6) is 0 Å². The second kappa shape index (κ2) is 5.62. The fraction of sp³-hybridized carbons (Fsp3) is 0.364. The van der Waals surface area contributed by atoms with Gasteiger partial charge in [-0.15, -0.1) is 0 Å². The van der Waals surface area contributed by atoms with Gasteiger partial charge in [-0.2, -0.15) is 4.31 Å². The predicted molar refractivity (Wildman–Crippen MR) is 63.8 cm³/mol. The van der Waals surface area contributed by atoms with E-state index in [1.807, 2.05) is 0 Å². The first kappa shape index (κ1) is 15.5. The van der Waals surface area contributed by atoms with Crippen LogP contribution in [0.1, 0.15) is 12.5 Å². The van der Waals surface area contributed by atoms with Crippen molar-refractivity contribution in [3.8, 4) is 0 Å². The molecular formula is C11H13F2NO4S. The van der Waals surface area contributed by atoms with E-state index in [9.17, 15) is 22.0 Å². The van der Waals surface area contributed by atoms with Gasteiger partial charge >= 0.3 is 5.97 Å². The Kier molecular flexibility index (Phi) is 4.59. The smallest absolute Gasteiger partial charge is 0.321 e. The Morgan fingerprint density at radius 3 is 2.26 bits per heavy atom. The minimum absolute atomic E-state index is 0.571. The number of hydrogen-bond acceptors (Lipinski definition) is 3. The molecule has 106 valence electrons. The van der Waals surface area contributed by atoms with Crippen molar-refractivity contribution in [2.24, 2.45) is 0 Å². The number of halogens is 2. The van der Waals surface area contributed by atoms with Gasteiger partial charge in [0.1, 0.15) is 17.7 Å². The number of benzene rings is 1. The summed E-state index contributed by atoms with van der Waals surface area (Å²) in [6.45, 7) is 1.16. The summed E-state index contributed by atoms with van der Waals surface area (Å²) >= 11 is 0. The maximum Gasteiger partial charge on any atom is 0.321 e. The highest BCUT2D eigenvalue weighted by atomic mass is 32.2. The number of likely N-dealkylation sites (N-methyl/N-ethyl adjacent to an activating group) is 1. The lowest BCUT2D eigenvalue weighted by Crippen LogP contribution is -2.40. The average molecular weight is 293 g/mol. The lowest BCUT2D eigenvalue weighted by Gasteiger charge is -2.21. The Morgan fingerprint density at radius 2 is 1.84 bits per heavy atom. The first-order chi connectivity index (χ1) is 8.66. The van der Waals surface area contributed by atoms with Crippen LogP contribution in [-0.2, 0) is 20.6 Å². The summed E-state index contributed by atoms with van der Waals surface area (Å²) in [7, 11) is -3.08. The molecule has 5 nitrogen and oxygen atoms in total. The molecule has 1 aromatic rings. The number of rotatable bonds is 5. The first-order valence-electron chi connectivity index (χ1n) is 5.28. The van der Waals surface area contributed by atoms with Crippen molar-refractivity contribution in [2.45, 2.75) is 18.7 Å². The van der Waals surface area contributed by atoms with E-state index in [0.717, 1.165) is 32.2 Å². The molecule has 1 rings (SSSR count). The van der Waals surface area contributed by atoms with Gasteiger partial charge in [0, 0.05) is 12.6 Å². The van der Waals surface area contributed by atoms with Crippen molar-refractivity contribution in [2.75, 3.05) is 7.05 Å². The SMILES string of the molecule is CC(C(=O)O)N(C)S(=O)(=O)Cc1c(F)cccc1F. The third kappa shape index (κ3) is 3.48. The number of carboxylic acids is 1. The molecule has 0 aliphatic heterocycles. The molecule has 1 aromatic carbocycles. The average Bonchev–Trinajstić information content (AvgIpc) is 2.32. The number of carboxylic acid groups (broad SMARTS) is 1. The monoisotopic (exact) mass is 293 g/mol. The van der Waals surface area contributed by atoms with E-state index in [2.05, 4.69) is 0 Å². The standard InChI is InChI=1S/C11H13F2NO4S/c1-7(11(15)16)14(2)19(17,18)6-8-9(12)4-3-5-10(8)13/h3-5,7H,6H2,1-2H3,(H,15,16). The summed E-state index contributed by atoms with van der Waals surface area (Å²) in [4.78, 5) is 10.7. The van der Waals surface area contributed by atoms with Gasteiger partial charge in [-0.25, -0.2) is 17.2 Å². The molecule has 0 fully saturated rings. The van der Waals surface area contributed by atoms with E-state index >= 15 is 0 Å². The fourth-order valence-corrected chi connectivity index (χ4v) is 2.77. The summed E-state index contributed by atoms with van der Waals surface area (Å²) in [5.74, 6) is -4.25. The number of aliphatic carboxylic acids is 1. The van der Waals surface area contributed by atoms with Gasteiger partial charge in [0.2, 0.25) is 10.0 Å². The molecule has 0 aliphatic carbocycles. The highest BCUT2D eigenvalue weighted by molar-refractivity contribution is 7.88. The van der Waals surface area contributed by atoms with E-state index < -0.39 is 45.0 Å². The van der Waals surface area contributed by atoms with Crippen LogP contribution in [0.2, 0.25) is 0 Å². The lowest BCUT2D eigenvalue weighted by atomic mass is 10.2. The summed E-state index contributed by atoms with van der Waals surface area (Å²) in [5.41, 5.74) is -0.605. The minimum atomic E-state index is -4.13. The summed E-state index contributed by atoms with van der Waals surface area (Å²) < 4.78 is 51.1. The van der Waals surface area contributed by atoms with Crippen LogP contribution < -0.4 is 0 Å². The molecule has 0 bridgehead atoms. The van der Waals surface area contributed by atoms with Crippen molar-refractivity contribution in [3.63, 3.8) is 0 Å². The molecule has 0 amide bonds. The molecule has 1 unspecified atom stereocenters. The van der Waals surface area contributed by atoms with Crippen molar-refractivity contribution in [1.29, 1.82) is 0 Å². The molecular weight excluding hydrogens is 280 g/mol. The van der Waals surface area contributed by atoms with Crippen LogP contribution in [0, 0.1) is 11.6 Å². The predicted octanol–water partition coefficient (Wildman–Crippen LogP) is 1.20. The van der Waals surface area contributed by atoms with Gasteiger partial charge in [-0.3, -0.25) is 4.79 Å². The topological polar surface area (TPSA) is 74.7 Å². The number of carbonyl (C=O) groups is 1. The zero-order chi connectivity index (χ0) is 14.8. The van der Waals surface area contributed by atoms with E-state index in [-0.39, 0.29) is 0 Å². The maximum absolute atomic E-state index is 13.4. The van der Waals surface area contributed by atoms with Crippen molar-refractivity contribution < 1.29 is 27.1 Å². The number of hydrogen-bond donors (Lipinski definition) is 1. The van der Waals surface area contributed by atoms with Crippen LogP contribution >= 0.6 is 0 Å². The zero-order valence-electron chi connectivity index (χ0n) is 10.3. The second-order valence-electron chi connectivity index (χ2n) is 3.99. The Hall–Kier alpha value is -1.54. The Bertz CT molecular complexity index is 568. The summed E-state index contributed by atoms with van der Waals surface area (Å²) in [5, 5.41) is 8.74. The molecule has 0 saturated heterocycles. The van der Waals surface area contributed by atoms with Gasteiger partial charge in [0.05, 0.1) is 5.75 Å². The molecule has 8 heteroatoms. The molecule has 0 heterocycles. The molecule has 1 N–H and O–H groups in total. The Morgan fingerprint density at radius 1 is 1.37 bits per heavy atom. The minimum Gasteiger partial charge on any atom is -0.480 e. The third-order valence-corrected chi connectivity index (χ3v) is 4.58. The highest BCUT2D eigenvalue weighted by Crippen LogP contribution is 2.18. The van der Waals surface area contributed by atoms with Crippen molar-refractivity contribution >= 4 is 16.0 Å². The van der Waals surface area contributed by atoms with Crippen LogP contribution in [-0.4, -0.2) is 36.9 Å². The van der Waals surface area contributed by atoms with Crippen molar-refractivity contribution in [1.82, 2.24) is 4.31 Å². The van der Waals surface area contributed by atoms with Gasteiger partial charge in [0.15, 0.2) is 0 Å². The van der Waals surface area contributed by atoms with E-state index in [0.29, 0.717) is 4.31 Å². The number of nitrogens with zero attached hydrogens (tertiary/aromatic N) is 1. The van der Waals surface area contributed by atoms with Gasteiger partial charge in [-0.05, 0) is 19.1 Å². The molecule has 0 radical (unpaired) electrons. The van der Waals surface area contributed by atoms with Crippen LogP contribution in [0.3, 0.4) is 0 Å². The Balaban J connectivity index is 3.07. The van der Waals surface area contributed by atoms with Gasteiger partial charge in [-0.1, -0.05) is 6.07 Å². The molecule has 0 saturated carbocycles. The highest BCUT2D eigenvalue weighted by Gasteiger charge is 2.29. The van der Waals surface area contributed by atoms with E-state index in [4.69, 9.17) is 5.11 Å². The zero-order valence-corrected chi connectivity index (χ0v) is 11.1. The fourth-order valence-electron chi connectivity index (χ4n) is 1.35. The van der Waals surface area contributed by atoms with Crippen LogP contribution in [0.15, 0.2) is 18.2 Å². The van der Waals surface area contributed by atoms with Gasteiger partial charge < -0.3 is 5.11 Å². The molecule has 19 heavy (non-hydrogen) atoms.